The van der Waals surface area contributed by atoms with Crippen molar-refractivity contribution in [2.45, 2.75) is 61.9 Å². The van der Waals surface area contributed by atoms with Crippen molar-refractivity contribution >= 4 is 0 Å². The van der Waals surface area contributed by atoms with Crippen molar-refractivity contribution < 1.29 is 9.47 Å². The highest BCUT2D eigenvalue weighted by Gasteiger charge is 2.47. The molecule has 5 nitrogen and oxygen atoms in total. The molecule has 3 fully saturated rings. The van der Waals surface area contributed by atoms with E-state index in [1.54, 1.807) is 14.2 Å². The maximum absolute atomic E-state index is 9.57. The van der Waals surface area contributed by atoms with Crippen LogP contribution in [0.25, 0.3) is 0 Å². The molecule has 0 aromatic rings. The minimum Gasteiger partial charge on any atom is -0.377 e. The van der Waals surface area contributed by atoms with Crippen LogP contribution < -0.4 is 5.32 Å². The summed E-state index contributed by atoms with van der Waals surface area (Å²) in [4.78, 5) is 2.45. The fraction of sp³-hybridized carbons (Fsp3) is 0.933. The molecule has 20 heavy (non-hydrogen) atoms. The third-order valence-electron chi connectivity index (χ3n) is 5.13. The standard InChI is InChI=1S/C15H25N3O2/c1-19-13-8-18(9-14(13)20-2)12-5-6-15(7-12,10-16)17-11-3-4-11/h11-14,17H,3-9H2,1-2H3. The van der Waals surface area contributed by atoms with E-state index in [0.717, 1.165) is 32.4 Å². The maximum Gasteiger partial charge on any atom is 0.108 e. The van der Waals surface area contributed by atoms with Gasteiger partial charge in [0.25, 0.3) is 0 Å². The highest BCUT2D eigenvalue weighted by molar-refractivity contribution is 5.16. The summed E-state index contributed by atoms with van der Waals surface area (Å²) in [5.74, 6) is 0. The van der Waals surface area contributed by atoms with Gasteiger partial charge in [-0.1, -0.05) is 0 Å². The molecule has 4 atom stereocenters. The van der Waals surface area contributed by atoms with Gasteiger partial charge in [-0.15, -0.1) is 0 Å². The van der Waals surface area contributed by atoms with Crippen molar-refractivity contribution in [2.75, 3.05) is 27.3 Å². The highest BCUT2D eigenvalue weighted by Crippen LogP contribution is 2.37. The lowest BCUT2D eigenvalue weighted by atomic mass is 9.99. The molecule has 0 radical (unpaired) electrons. The van der Waals surface area contributed by atoms with E-state index in [2.05, 4.69) is 16.3 Å². The maximum atomic E-state index is 9.57. The lowest BCUT2D eigenvalue weighted by Crippen LogP contribution is -2.45. The van der Waals surface area contributed by atoms with Gasteiger partial charge in [0.05, 0.1) is 18.3 Å². The number of hydrogen-bond acceptors (Lipinski definition) is 5. The molecular weight excluding hydrogens is 254 g/mol. The SMILES string of the molecule is COC1CN(C2CCC(C#N)(NC3CC3)C2)CC1OC. The Morgan fingerprint density at radius 2 is 1.80 bits per heavy atom. The zero-order valence-electron chi connectivity index (χ0n) is 12.5. The fourth-order valence-corrected chi connectivity index (χ4v) is 3.74. The van der Waals surface area contributed by atoms with Gasteiger partial charge < -0.3 is 9.47 Å². The zero-order chi connectivity index (χ0) is 14.2. The van der Waals surface area contributed by atoms with Crippen molar-refractivity contribution in [3.8, 4) is 6.07 Å². The predicted molar refractivity (Wildman–Crippen MR) is 75.3 cm³/mol. The summed E-state index contributed by atoms with van der Waals surface area (Å²) in [5.41, 5.74) is -0.292. The Kier molecular flexibility index (Phi) is 4.00. The molecular formula is C15H25N3O2. The van der Waals surface area contributed by atoms with E-state index in [-0.39, 0.29) is 17.7 Å². The van der Waals surface area contributed by atoms with Crippen LogP contribution in [-0.4, -0.2) is 62.0 Å². The van der Waals surface area contributed by atoms with Crippen molar-refractivity contribution in [1.29, 1.82) is 5.26 Å². The number of nitrogens with zero attached hydrogens (tertiary/aromatic N) is 2. The molecule has 2 saturated carbocycles. The molecule has 0 spiro atoms. The quantitative estimate of drug-likeness (QED) is 0.810. The molecule has 3 aliphatic rings. The first-order valence-corrected chi connectivity index (χ1v) is 7.68. The van der Waals surface area contributed by atoms with Gasteiger partial charge in [0.1, 0.15) is 5.54 Å². The van der Waals surface area contributed by atoms with E-state index < -0.39 is 0 Å². The first-order chi connectivity index (χ1) is 9.69. The minimum atomic E-state index is -0.292. The molecule has 3 rings (SSSR count). The van der Waals surface area contributed by atoms with E-state index >= 15 is 0 Å². The molecule has 0 aromatic heterocycles. The Balaban J connectivity index is 1.61. The number of likely N-dealkylation sites (tertiary alicyclic amines) is 1. The molecule has 1 saturated heterocycles. The first-order valence-electron chi connectivity index (χ1n) is 7.68. The van der Waals surface area contributed by atoms with Crippen molar-refractivity contribution in [2.24, 2.45) is 0 Å². The molecule has 2 aliphatic carbocycles. The summed E-state index contributed by atoms with van der Waals surface area (Å²) in [6, 6.07) is 3.63. The second kappa shape index (κ2) is 5.61. The van der Waals surface area contributed by atoms with E-state index in [9.17, 15) is 5.26 Å². The van der Waals surface area contributed by atoms with E-state index in [4.69, 9.17) is 9.47 Å². The lowest BCUT2D eigenvalue weighted by molar-refractivity contribution is -0.00461. The van der Waals surface area contributed by atoms with Gasteiger partial charge in [-0.2, -0.15) is 5.26 Å². The third-order valence-corrected chi connectivity index (χ3v) is 5.13. The number of hydrogen-bond donors (Lipinski definition) is 1. The summed E-state index contributed by atoms with van der Waals surface area (Å²) >= 11 is 0. The summed E-state index contributed by atoms with van der Waals surface area (Å²) in [6.45, 7) is 1.84. The first kappa shape index (κ1) is 14.3. The van der Waals surface area contributed by atoms with Crippen LogP contribution in [0.5, 0.6) is 0 Å². The van der Waals surface area contributed by atoms with Crippen LogP contribution in [0.15, 0.2) is 0 Å². The number of nitriles is 1. The highest BCUT2D eigenvalue weighted by atomic mass is 16.5. The Hall–Kier alpha value is -0.670. The smallest absolute Gasteiger partial charge is 0.108 e. The number of nitrogens with one attached hydrogen (secondary N) is 1. The average molecular weight is 279 g/mol. The molecule has 5 heteroatoms. The Labute approximate surface area is 121 Å². The van der Waals surface area contributed by atoms with Crippen LogP contribution in [0.4, 0.5) is 0 Å². The van der Waals surface area contributed by atoms with Gasteiger partial charge in [0, 0.05) is 39.4 Å². The van der Waals surface area contributed by atoms with Crippen LogP contribution in [-0.2, 0) is 9.47 Å². The largest absolute Gasteiger partial charge is 0.377 e. The zero-order valence-corrected chi connectivity index (χ0v) is 12.5. The van der Waals surface area contributed by atoms with Crippen LogP contribution >= 0.6 is 0 Å². The summed E-state index contributed by atoms with van der Waals surface area (Å²) in [7, 11) is 3.51. The van der Waals surface area contributed by atoms with Crippen LogP contribution in [0, 0.1) is 11.3 Å². The Morgan fingerprint density at radius 3 is 2.30 bits per heavy atom. The van der Waals surface area contributed by atoms with Gasteiger partial charge in [0.15, 0.2) is 0 Å². The summed E-state index contributed by atoms with van der Waals surface area (Å²) in [5, 5.41) is 13.1. The Morgan fingerprint density at radius 1 is 1.15 bits per heavy atom. The average Bonchev–Trinajstić information content (AvgIpc) is 3.03. The lowest BCUT2D eigenvalue weighted by Gasteiger charge is -2.26. The van der Waals surface area contributed by atoms with Crippen molar-refractivity contribution in [3.05, 3.63) is 0 Å². The van der Waals surface area contributed by atoms with Gasteiger partial charge in [-0.3, -0.25) is 10.2 Å². The second-order valence-corrected chi connectivity index (χ2v) is 6.51. The van der Waals surface area contributed by atoms with Gasteiger partial charge in [-0.25, -0.2) is 0 Å². The monoisotopic (exact) mass is 279 g/mol. The molecule has 0 amide bonds. The Bertz CT molecular complexity index is 381. The molecule has 0 aromatic carbocycles. The summed E-state index contributed by atoms with van der Waals surface area (Å²) < 4.78 is 11.0. The summed E-state index contributed by atoms with van der Waals surface area (Å²) in [6.07, 6.45) is 5.79. The van der Waals surface area contributed by atoms with Crippen molar-refractivity contribution in [1.82, 2.24) is 10.2 Å². The number of rotatable bonds is 5. The number of methoxy groups -OCH3 is 2. The molecule has 1 aliphatic heterocycles. The predicted octanol–water partition coefficient (Wildman–Crippen LogP) is 0.899. The number of ether oxygens (including phenoxy) is 2. The molecule has 0 bridgehead atoms. The van der Waals surface area contributed by atoms with Gasteiger partial charge in [0.2, 0.25) is 0 Å². The fourth-order valence-electron chi connectivity index (χ4n) is 3.74. The topological polar surface area (TPSA) is 57.5 Å². The second-order valence-electron chi connectivity index (χ2n) is 6.51. The van der Waals surface area contributed by atoms with E-state index in [0.29, 0.717) is 12.1 Å². The van der Waals surface area contributed by atoms with Crippen LogP contribution in [0.2, 0.25) is 0 Å². The van der Waals surface area contributed by atoms with Crippen molar-refractivity contribution in [3.63, 3.8) is 0 Å². The normalized spacial score (nSPS) is 42.0. The van der Waals surface area contributed by atoms with Crippen LogP contribution in [0.3, 0.4) is 0 Å². The molecule has 1 N–H and O–H groups in total. The molecule has 4 unspecified atom stereocenters. The van der Waals surface area contributed by atoms with Gasteiger partial charge >= 0.3 is 0 Å². The van der Waals surface area contributed by atoms with Crippen LogP contribution in [0.1, 0.15) is 32.1 Å². The minimum absolute atomic E-state index is 0.161. The molecule has 1 heterocycles. The van der Waals surface area contributed by atoms with E-state index in [1.165, 1.54) is 12.8 Å². The third kappa shape index (κ3) is 2.71. The molecule has 112 valence electrons. The van der Waals surface area contributed by atoms with Gasteiger partial charge in [-0.05, 0) is 32.1 Å². The van der Waals surface area contributed by atoms with E-state index in [1.807, 2.05) is 0 Å².